The van der Waals surface area contributed by atoms with Crippen LogP contribution in [0.5, 0.6) is 0 Å². The lowest BCUT2D eigenvalue weighted by atomic mass is 9.95. The number of rotatable bonds is 10. The maximum absolute atomic E-state index is 4.39. The van der Waals surface area contributed by atoms with E-state index in [-0.39, 0.29) is 0 Å². The molecule has 0 aliphatic carbocycles. The Kier molecular flexibility index (Phi) is 10.5. The Morgan fingerprint density at radius 3 is 2.47 bits per heavy atom. The molecule has 0 saturated carbocycles. The third kappa shape index (κ3) is 7.31. The summed E-state index contributed by atoms with van der Waals surface area (Å²) in [6.07, 6.45) is 8.93. The number of aliphatic imine (C=N–C) groups is 1. The summed E-state index contributed by atoms with van der Waals surface area (Å²) >= 11 is 0. The van der Waals surface area contributed by atoms with Crippen molar-refractivity contribution in [1.29, 1.82) is 0 Å². The molecule has 1 unspecified atom stereocenters. The van der Waals surface area contributed by atoms with E-state index in [1.807, 2.05) is 13.1 Å². The van der Waals surface area contributed by atoms with Gasteiger partial charge in [-0.25, -0.2) is 0 Å². The lowest BCUT2D eigenvalue weighted by Crippen LogP contribution is -2.25. The fourth-order valence-electron chi connectivity index (χ4n) is 2.42. The first-order chi connectivity index (χ1) is 9.10. The molecule has 0 aromatic rings. The van der Waals surface area contributed by atoms with Crippen LogP contribution in [0.3, 0.4) is 0 Å². The summed E-state index contributed by atoms with van der Waals surface area (Å²) in [7, 11) is 2.06. The average Bonchev–Trinajstić information content (AvgIpc) is 2.40. The SMILES string of the molecule is C=C(CCC(CCCC)NC)/C(CC)=C(C)\N=C/C. The highest BCUT2D eigenvalue weighted by Gasteiger charge is 2.09. The second-order valence-corrected chi connectivity index (χ2v) is 5.07. The number of nitrogens with zero attached hydrogens (tertiary/aromatic N) is 1. The van der Waals surface area contributed by atoms with E-state index < -0.39 is 0 Å². The molecule has 0 amide bonds. The number of hydrogen-bond acceptors (Lipinski definition) is 2. The van der Waals surface area contributed by atoms with Crippen LogP contribution in [0.1, 0.15) is 66.2 Å². The Labute approximate surface area is 120 Å². The summed E-state index contributed by atoms with van der Waals surface area (Å²) in [5.74, 6) is 0. The van der Waals surface area contributed by atoms with E-state index in [1.54, 1.807) is 0 Å². The van der Waals surface area contributed by atoms with E-state index in [0.29, 0.717) is 6.04 Å². The molecule has 0 aromatic carbocycles. The zero-order chi connectivity index (χ0) is 14.7. The van der Waals surface area contributed by atoms with Crippen molar-refractivity contribution in [2.45, 2.75) is 72.3 Å². The number of hydrogen-bond donors (Lipinski definition) is 1. The first-order valence-corrected chi connectivity index (χ1v) is 7.64. The van der Waals surface area contributed by atoms with Gasteiger partial charge in [0.15, 0.2) is 0 Å². The minimum atomic E-state index is 0.616. The van der Waals surface area contributed by atoms with Crippen LogP contribution < -0.4 is 5.32 Å². The van der Waals surface area contributed by atoms with Crippen molar-refractivity contribution in [3.63, 3.8) is 0 Å². The highest BCUT2D eigenvalue weighted by atomic mass is 14.9. The molecule has 110 valence electrons. The Morgan fingerprint density at radius 2 is 2.00 bits per heavy atom. The fraction of sp³-hybridized carbons (Fsp3) is 0.706. The van der Waals surface area contributed by atoms with Gasteiger partial charge in [0.2, 0.25) is 0 Å². The molecule has 1 N–H and O–H groups in total. The molecule has 2 heteroatoms. The Bertz CT molecular complexity index is 313. The molecule has 0 fully saturated rings. The summed E-state index contributed by atoms with van der Waals surface area (Å²) < 4.78 is 0. The number of nitrogens with one attached hydrogen (secondary N) is 1. The topological polar surface area (TPSA) is 24.4 Å². The van der Waals surface area contributed by atoms with E-state index >= 15 is 0 Å². The van der Waals surface area contributed by atoms with Crippen LogP contribution in [0, 0.1) is 0 Å². The molecular weight excluding hydrogens is 232 g/mol. The Balaban J connectivity index is 4.46. The minimum Gasteiger partial charge on any atom is -0.317 e. The van der Waals surface area contributed by atoms with Crippen LogP contribution in [0.2, 0.25) is 0 Å². The largest absolute Gasteiger partial charge is 0.317 e. The van der Waals surface area contributed by atoms with Crippen LogP contribution in [-0.2, 0) is 0 Å². The summed E-state index contributed by atoms with van der Waals surface area (Å²) in [5.41, 5.74) is 3.69. The molecule has 0 saturated heterocycles. The van der Waals surface area contributed by atoms with Crippen molar-refractivity contribution in [3.05, 3.63) is 23.4 Å². The molecule has 0 spiro atoms. The maximum Gasteiger partial charge on any atom is 0.0402 e. The van der Waals surface area contributed by atoms with Gasteiger partial charge < -0.3 is 5.32 Å². The van der Waals surface area contributed by atoms with E-state index in [1.165, 1.54) is 36.8 Å². The van der Waals surface area contributed by atoms with Gasteiger partial charge >= 0.3 is 0 Å². The molecule has 2 nitrogen and oxygen atoms in total. The minimum absolute atomic E-state index is 0.616. The second kappa shape index (κ2) is 11.0. The molecular formula is C17H32N2. The van der Waals surface area contributed by atoms with Crippen LogP contribution in [0.25, 0.3) is 0 Å². The van der Waals surface area contributed by atoms with E-state index in [9.17, 15) is 0 Å². The Morgan fingerprint density at radius 1 is 1.32 bits per heavy atom. The smallest absolute Gasteiger partial charge is 0.0402 e. The van der Waals surface area contributed by atoms with Crippen molar-refractivity contribution in [2.24, 2.45) is 4.99 Å². The van der Waals surface area contributed by atoms with Gasteiger partial charge in [0, 0.05) is 18.0 Å². The lowest BCUT2D eigenvalue weighted by Gasteiger charge is -2.18. The molecule has 19 heavy (non-hydrogen) atoms. The quantitative estimate of drug-likeness (QED) is 0.441. The molecule has 1 atom stereocenters. The zero-order valence-electron chi connectivity index (χ0n) is 13.6. The van der Waals surface area contributed by atoms with Gasteiger partial charge in [0.1, 0.15) is 0 Å². The third-order valence-corrected chi connectivity index (χ3v) is 3.65. The molecule has 0 heterocycles. The summed E-state index contributed by atoms with van der Waals surface area (Å²) in [6, 6.07) is 0.616. The molecule has 0 aliphatic heterocycles. The second-order valence-electron chi connectivity index (χ2n) is 5.07. The van der Waals surface area contributed by atoms with Gasteiger partial charge in [0.05, 0.1) is 0 Å². The van der Waals surface area contributed by atoms with Crippen LogP contribution in [0.4, 0.5) is 0 Å². The van der Waals surface area contributed by atoms with Gasteiger partial charge in [-0.1, -0.05) is 38.8 Å². The van der Waals surface area contributed by atoms with Crippen molar-refractivity contribution in [3.8, 4) is 0 Å². The van der Waals surface area contributed by atoms with Gasteiger partial charge in [0.25, 0.3) is 0 Å². The predicted octanol–water partition coefficient (Wildman–Crippen LogP) is 4.88. The summed E-state index contributed by atoms with van der Waals surface area (Å²) in [4.78, 5) is 4.39. The van der Waals surface area contributed by atoms with Crippen molar-refractivity contribution in [1.82, 2.24) is 5.32 Å². The summed E-state index contributed by atoms with van der Waals surface area (Å²) in [5, 5.41) is 3.42. The van der Waals surface area contributed by atoms with Crippen LogP contribution >= 0.6 is 0 Å². The van der Waals surface area contributed by atoms with Crippen molar-refractivity contribution in [2.75, 3.05) is 7.05 Å². The highest BCUT2D eigenvalue weighted by Crippen LogP contribution is 2.23. The number of unbranched alkanes of at least 4 members (excludes halogenated alkanes) is 1. The van der Waals surface area contributed by atoms with E-state index in [2.05, 4.69) is 44.7 Å². The van der Waals surface area contributed by atoms with Crippen LogP contribution in [0.15, 0.2) is 28.4 Å². The van der Waals surface area contributed by atoms with Gasteiger partial charge in [-0.3, -0.25) is 4.99 Å². The van der Waals surface area contributed by atoms with E-state index in [4.69, 9.17) is 0 Å². The van der Waals surface area contributed by atoms with Crippen molar-refractivity contribution < 1.29 is 0 Å². The van der Waals surface area contributed by atoms with Crippen molar-refractivity contribution >= 4 is 6.21 Å². The number of allylic oxidation sites excluding steroid dienone is 3. The van der Waals surface area contributed by atoms with Crippen LogP contribution in [-0.4, -0.2) is 19.3 Å². The zero-order valence-corrected chi connectivity index (χ0v) is 13.6. The Hall–Kier alpha value is -0.890. The highest BCUT2D eigenvalue weighted by molar-refractivity contribution is 5.56. The maximum atomic E-state index is 4.39. The third-order valence-electron chi connectivity index (χ3n) is 3.65. The molecule has 0 aliphatic rings. The molecule has 0 bridgehead atoms. The first kappa shape index (κ1) is 18.1. The molecule has 0 rings (SSSR count). The average molecular weight is 264 g/mol. The van der Waals surface area contributed by atoms with E-state index in [0.717, 1.165) is 18.5 Å². The standard InChI is InChI=1S/C17H32N2/c1-7-10-11-16(18-6)13-12-14(4)17(8-2)15(5)19-9-3/h9,16,18H,4,7-8,10-13H2,1-3,5-6H3/b17-15-,19-9-. The normalized spacial score (nSPS) is 14.6. The van der Waals surface area contributed by atoms with Gasteiger partial charge in [-0.05, 0) is 52.2 Å². The fourth-order valence-corrected chi connectivity index (χ4v) is 2.42. The van der Waals surface area contributed by atoms with Gasteiger partial charge in [-0.15, -0.1) is 0 Å². The predicted molar refractivity (Wildman–Crippen MR) is 87.9 cm³/mol. The molecule has 0 radical (unpaired) electrons. The first-order valence-electron chi connectivity index (χ1n) is 7.64. The lowest BCUT2D eigenvalue weighted by molar-refractivity contribution is 0.471. The molecule has 0 aromatic heterocycles. The monoisotopic (exact) mass is 264 g/mol. The summed E-state index contributed by atoms with van der Waals surface area (Å²) in [6.45, 7) is 12.7. The van der Waals surface area contributed by atoms with Gasteiger partial charge in [-0.2, -0.15) is 0 Å².